The normalized spacial score (nSPS) is 11.2. The quantitative estimate of drug-likeness (QED) is 0.882. The standard InChI is InChI=1S/C10H16FN3.2ClH/c1-7(12)3-2-4-8-5-9(11)10(13)14-6-8;;/h5-7H,2-4,12H2,1H3,(H2,13,14);2*1H/t7-;;/m0../s1. The lowest BCUT2D eigenvalue weighted by molar-refractivity contribution is 0.609. The van der Waals surface area contributed by atoms with Crippen LogP contribution in [0.3, 0.4) is 0 Å². The van der Waals surface area contributed by atoms with Gasteiger partial charge in [0, 0.05) is 12.2 Å². The third-order valence-electron chi connectivity index (χ3n) is 2.05. The Morgan fingerprint density at radius 3 is 2.56 bits per heavy atom. The average molecular weight is 270 g/mol. The van der Waals surface area contributed by atoms with Crippen molar-refractivity contribution in [2.24, 2.45) is 5.73 Å². The van der Waals surface area contributed by atoms with Gasteiger partial charge in [-0.25, -0.2) is 9.37 Å². The van der Waals surface area contributed by atoms with E-state index < -0.39 is 5.82 Å². The minimum Gasteiger partial charge on any atom is -0.381 e. The molecule has 1 rings (SSSR count). The van der Waals surface area contributed by atoms with Crippen molar-refractivity contribution in [2.45, 2.75) is 32.2 Å². The van der Waals surface area contributed by atoms with E-state index >= 15 is 0 Å². The van der Waals surface area contributed by atoms with Gasteiger partial charge in [0.05, 0.1) is 0 Å². The highest BCUT2D eigenvalue weighted by molar-refractivity contribution is 5.85. The molecule has 0 spiro atoms. The highest BCUT2D eigenvalue weighted by Crippen LogP contribution is 2.11. The van der Waals surface area contributed by atoms with E-state index in [-0.39, 0.29) is 36.7 Å². The van der Waals surface area contributed by atoms with Gasteiger partial charge in [0.1, 0.15) is 0 Å². The van der Waals surface area contributed by atoms with Crippen molar-refractivity contribution in [3.63, 3.8) is 0 Å². The molecule has 0 fully saturated rings. The van der Waals surface area contributed by atoms with Gasteiger partial charge >= 0.3 is 0 Å². The van der Waals surface area contributed by atoms with Crippen LogP contribution in [0.1, 0.15) is 25.3 Å². The maximum absolute atomic E-state index is 13.0. The molecule has 0 saturated heterocycles. The van der Waals surface area contributed by atoms with Crippen molar-refractivity contribution in [3.05, 3.63) is 23.6 Å². The predicted octanol–water partition coefficient (Wildman–Crippen LogP) is 2.32. The zero-order chi connectivity index (χ0) is 10.6. The summed E-state index contributed by atoms with van der Waals surface area (Å²) < 4.78 is 13.0. The molecule has 0 radical (unpaired) electrons. The molecule has 16 heavy (non-hydrogen) atoms. The second kappa shape index (κ2) is 8.56. The molecule has 0 aromatic carbocycles. The smallest absolute Gasteiger partial charge is 0.165 e. The molecule has 0 bridgehead atoms. The van der Waals surface area contributed by atoms with Crippen molar-refractivity contribution in [1.29, 1.82) is 0 Å². The molecule has 3 nitrogen and oxygen atoms in total. The average Bonchev–Trinajstić information content (AvgIpc) is 2.10. The summed E-state index contributed by atoms with van der Waals surface area (Å²) in [6.07, 6.45) is 4.29. The number of hydrogen-bond donors (Lipinski definition) is 2. The zero-order valence-electron chi connectivity index (χ0n) is 9.15. The fourth-order valence-electron chi connectivity index (χ4n) is 1.25. The molecular weight excluding hydrogens is 252 g/mol. The molecule has 0 aliphatic heterocycles. The molecule has 0 saturated carbocycles. The summed E-state index contributed by atoms with van der Waals surface area (Å²) in [4.78, 5) is 3.75. The van der Waals surface area contributed by atoms with E-state index in [0.717, 1.165) is 24.8 Å². The predicted molar refractivity (Wildman–Crippen MR) is 69.7 cm³/mol. The highest BCUT2D eigenvalue weighted by atomic mass is 35.5. The Kier molecular flexibility index (Phi) is 9.52. The van der Waals surface area contributed by atoms with Gasteiger partial charge in [0.25, 0.3) is 0 Å². The Morgan fingerprint density at radius 1 is 1.44 bits per heavy atom. The number of pyridine rings is 1. The van der Waals surface area contributed by atoms with Crippen LogP contribution in [0.2, 0.25) is 0 Å². The number of nitrogens with zero attached hydrogens (tertiary/aromatic N) is 1. The van der Waals surface area contributed by atoms with Gasteiger partial charge in [-0.2, -0.15) is 0 Å². The number of aryl methyl sites for hydroxylation is 1. The van der Waals surface area contributed by atoms with Crippen LogP contribution in [0.4, 0.5) is 10.2 Å². The van der Waals surface area contributed by atoms with Crippen LogP contribution >= 0.6 is 24.8 Å². The van der Waals surface area contributed by atoms with Crippen LogP contribution in [0.15, 0.2) is 12.3 Å². The number of nitrogens with two attached hydrogens (primary N) is 2. The lowest BCUT2D eigenvalue weighted by atomic mass is 10.1. The maximum Gasteiger partial charge on any atom is 0.165 e. The minimum absolute atomic E-state index is 0. The third-order valence-corrected chi connectivity index (χ3v) is 2.05. The van der Waals surface area contributed by atoms with Gasteiger partial charge in [-0.3, -0.25) is 0 Å². The summed E-state index contributed by atoms with van der Waals surface area (Å²) in [5.41, 5.74) is 11.7. The molecule has 6 heteroatoms. The molecule has 1 heterocycles. The van der Waals surface area contributed by atoms with Gasteiger partial charge in [-0.15, -0.1) is 24.8 Å². The topological polar surface area (TPSA) is 64.9 Å². The second-order valence-corrected chi connectivity index (χ2v) is 3.58. The molecule has 0 unspecified atom stereocenters. The Hall–Kier alpha value is -0.580. The SMILES string of the molecule is C[C@H](N)CCCc1cnc(N)c(F)c1.Cl.Cl. The Morgan fingerprint density at radius 2 is 2.06 bits per heavy atom. The van der Waals surface area contributed by atoms with Gasteiger partial charge in [0.15, 0.2) is 11.6 Å². The van der Waals surface area contributed by atoms with Crippen LogP contribution in [0.25, 0.3) is 0 Å². The number of aromatic nitrogens is 1. The van der Waals surface area contributed by atoms with Gasteiger partial charge in [-0.05, 0) is 37.8 Å². The second-order valence-electron chi connectivity index (χ2n) is 3.58. The fourth-order valence-corrected chi connectivity index (χ4v) is 1.25. The Balaban J connectivity index is 0. The van der Waals surface area contributed by atoms with Gasteiger partial charge < -0.3 is 11.5 Å². The lowest BCUT2D eigenvalue weighted by Gasteiger charge is -2.05. The first kappa shape index (κ1) is 17.8. The van der Waals surface area contributed by atoms with Crippen LogP contribution in [-0.4, -0.2) is 11.0 Å². The van der Waals surface area contributed by atoms with Crippen LogP contribution in [0.5, 0.6) is 0 Å². The Labute approximate surface area is 108 Å². The summed E-state index contributed by atoms with van der Waals surface area (Å²) in [6, 6.07) is 1.63. The molecular formula is C10H18Cl2FN3. The van der Waals surface area contributed by atoms with Crippen molar-refractivity contribution >= 4 is 30.6 Å². The third kappa shape index (κ3) is 6.10. The van der Waals surface area contributed by atoms with E-state index in [0.29, 0.717) is 0 Å². The van der Waals surface area contributed by atoms with Crippen molar-refractivity contribution in [2.75, 3.05) is 5.73 Å². The first-order chi connectivity index (χ1) is 6.59. The van der Waals surface area contributed by atoms with Crippen LogP contribution < -0.4 is 11.5 Å². The molecule has 1 atom stereocenters. The Bertz CT molecular complexity index is 308. The minimum atomic E-state index is -0.441. The van der Waals surface area contributed by atoms with Crippen molar-refractivity contribution in [3.8, 4) is 0 Å². The highest BCUT2D eigenvalue weighted by Gasteiger charge is 2.02. The van der Waals surface area contributed by atoms with E-state index in [1.165, 1.54) is 6.07 Å². The summed E-state index contributed by atoms with van der Waals surface area (Å²) in [5, 5.41) is 0. The number of hydrogen-bond acceptors (Lipinski definition) is 3. The van der Waals surface area contributed by atoms with Gasteiger partial charge in [-0.1, -0.05) is 0 Å². The number of nitrogen functional groups attached to an aromatic ring is 1. The zero-order valence-corrected chi connectivity index (χ0v) is 10.8. The van der Waals surface area contributed by atoms with Crippen molar-refractivity contribution in [1.82, 2.24) is 4.98 Å². The maximum atomic E-state index is 13.0. The van der Waals surface area contributed by atoms with E-state index in [4.69, 9.17) is 11.5 Å². The molecule has 1 aromatic heterocycles. The van der Waals surface area contributed by atoms with E-state index in [1.54, 1.807) is 6.20 Å². The van der Waals surface area contributed by atoms with Crippen molar-refractivity contribution < 1.29 is 4.39 Å². The van der Waals surface area contributed by atoms with Gasteiger partial charge in [0.2, 0.25) is 0 Å². The molecule has 0 aliphatic carbocycles. The molecule has 0 aliphatic rings. The van der Waals surface area contributed by atoms with E-state index in [1.807, 2.05) is 6.92 Å². The molecule has 1 aromatic rings. The van der Waals surface area contributed by atoms with Crippen LogP contribution in [0, 0.1) is 5.82 Å². The number of anilines is 1. The monoisotopic (exact) mass is 269 g/mol. The molecule has 4 N–H and O–H groups in total. The summed E-state index contributed by atoms with van der Waals surface area (Å²) in [7, 11) is 0. The summed E-state index contributed by atoms with van der Waals surface area (Å²) >= 11 is 0. The number of halogens is 3. The molecule has 94 valence electrons. The summed E-state index contributed by atoms with van der Waals surface area (Å²) in [6.45, 7) is 1.96. The first-order valence-electron chi connectivity index (χ1n) is 4.75. The number of rotatable bonds is 4. The van der Waals surface area contributed by atoms with E-state index in [9.17, 15) is 4.39 Å². The van der Waals surface area contributed by atoms with E-state index in [2.05, 4.69) is 4.98 Å². The fraction of sp³-hybridized carbons (Fsp3) is 0.500. The molecule has 0 amide bonds. The first-order valence-corrected chi connectivity index (χ1v) is 4.75. The van der Waals surface area contributed by atoms with Crippen LogP contribution in [-0.2, 0) is 6.42 Å². The lowest BCUT2D eigenvalue weighted by Crippen LogP contribution is -2.14. The largest absolute Gasteiger partial charge is 0.381 e. The summed E-state index contributed by atoms with van der Waals surface area (Å²) in [5.74, 6) is -0.482.